The van der Waals surface area contributed by atoms with E-state index >= 15 is 0 Å². The summed E-state index contributed by atoms with van der Waals surface area (Å²) in [7, 11) is 0. The van der Waals surface area contributed by atoms with E-state index in [4.69, 9.17) is 18.1 Å². The van der Waals surface area contributed by atoms with Crippen molar-refractivity contribution in [1.29, 1.82) is 0 Å². The molecule has 0 amide bonds. The molecule has 0 saturated heterocycles. The molecule has 0 aliphatic rings. The van der Waals surface area contributed by atoms with E-state index in [0.29, 0.717) is 22.1 Å². The second-order valence-electron chi connectivity index (χ2n) is 12.9. The molecule has 11 aromatic rings. The number of hydrogen-bond acceptors (Lipinski definition) is 2. The lowest BCUT2D eigenvalue weighted by Gasteiger charge is -2.28. The Morgan fingerprint density at radius 1 is 0.455 bits per heavy atom. The van der Waals surface area contributed by atoms with Gasteiger partial charge in [0.25, 0.3) is 0 Å². The molecule has 3 heteroatoms. The summed E-state index contributed by atoms with van der Waals surface area (Å²) in [5.74, 6) is 0. The summed E-state index contributed by atoms with van der Waals surface area (Å²) >= 11 is 0. The first-order valence-electron chi connectivity index (χ1n) is 25.5. The van der Waals surface area contributed by atoms with Gasteiger partial charge in [-0.05, 0) is 94.1 Å². The average Bonchev–Trinajstić information content (AvgIpc) is 3.93. The first-order chi connectivity index (χ1) is 34.0. The maximum atomic E-state index is 9.75. The van der Waals surface area contributed by atoms with Crippen LogP contribution in [0, 0.1) is 0 Å². The van der Waals surface area contributed by atoms with Crippen LogP contribution in [0.15, 0.2) is 210 Å². The Labute approximate surface area is 341 Å². The van der Waals surface area contributed by atoms with Gasteiger partial charge in [0.1, 0.15) is 11.2 Å². The lowest BCUT2D eigenvalue weighted by molar-refractivity contribution is 0.670. The lowest BCUT2D eigenvalue weighted by atomic mass is 9.97. The van der Waals surface area contributed by atoms with E-state index in [1.165, 1.54) is 0 Å². The molecule has 0 N–H and O–H groups in total. The molecule has 0 saturated carbocycles. The second-order valence-corrected chi connectivity index (χ2v) is 12.9. The maximum Gasteiger partial charge on any atom is 0.145 e. The van der Waals surface area contributed by atoms with Gasteiger partial charge in [-0.3, -0.25) is 0 Å². The molecular formula is C52H34N2O. The Hall–Kier alpha value is -7.36. The van der Waals surface area contributed by atoms with Crippen LogP contribution in [-0.4, -0.2) is 4.57 Å². The van der Waals surface area contributed by atoms with Crippen molar-refractivity contribution in [3.8, 4) is 27.9 Å². The Bertz CT molecular complexity index is 4030. The Kier molecular flexibility index (Phi) is 4.39. The van der Waals surface area contributed by atoms with Crippen LogP contribution in [0.2, 0.25) is 0 Å². The van der Waals surface area contributed by atoms with E-state index < -0.39 is 130 Å². The molecule has 2 heterocycles. The zero-order chi connectivity index (χ0) is 50.2. The first-order valence-corrected chi connectivity index (χ1v) is 17.5. The number of hydrogen-bond donors (Lipinski definition) is 0. The number of anilines is 3. The number of rotatable bonds is 6. The Morgan fingerprint density at radius 3 is 1.85 bits per heavy atom. The molecule has 0 fully saturated rings. The summed E-state index contributed by atoms with van der Waals surface area (Å²) in [6.07, 6.45) is 0. The van der Waals surface area contributed by atoms with E-state index in [1.807, 2.05) is 72.8 Å². The van der Waals surface area contributed by atoms with Crippen molar-refractivity contribution < 1.29 is 26.3 Å². The predicted molar refractivity (Wildman–Crippen MR) is 231 cm³/mol. The summed E-state index contributed by atoms with van der Waals surface area (Å²) in [5.41, 5.74) is 2.04. The fourth-order valence-corrected chi connectivity index (χ4v) is 7.47. The van der Waals surface area contributed by atoms with E-state index in [0.717, 1.165) is 37.8 Å². The minimum atomic E-state index is -0.848. The van der Waals surface area contributed by atoms with Gasteiger partial charge in [0.15, 0.2) is 0 Å². The molecule has 9 aromatic carbocycles. The molecule has 3 nitrogen and oxygen atoms in total. The van der Waals surface area contributed by atoms with Crippen molar-refractivity contribution in [2.24, 2.45) is 0 Å². The number of furan rings is 1. The van der Waals surface area contributed by atoms with Gasteiger partial charge in [0.05, 0.1) is 38.7 Å². The van der Waals surface area contributed by atoms with E-state index in [-0.39, 0.29) is 11.3 Å². The third kappa shape index (κ3) is 5.05. The van der Waals surface area contributed by atoms with Gasteiger partial charge in [-0.15, -0.1) is 0 Å². The molecule has 0 aliphatic carbocycles. The summed E-state index contributed by atoms with van der Waals surface area (Å²) in [6.45, 7) is 0. The first kappa shape index (κ1) is 19.1. The van der Waals surface area contributed by atoms with Crippen LogP contribution in [0.3, 0.4) is 0 Å². The summed E-state index contributed by atoms with van der Waals surface area (Å²) < 4.78 is 153. The summed E-state index contributed by atoms with van der Waals surface area (Å²) in [6, 6.07) is 21.8. The van der Waals surface area contributed by atoms with Crippen molar-refractivity contribution in [3.05, 3.63) is 206 Å². The van der Waals surface area contributed by atoms with Crippen LogP contribution in [-0.2, 0) is 0 Å². The van der Waals surface area contributed by atoms with E-state index in [9.17, 15) is 8.22 Å². The zero-order valence-electron chi connectivity index (χ0n) is 44.7. The fraction of sp³-hybridized carbons (Fsp3) is 0. The molecule has 55 heavy (non-hydrogen) atoms. The lowest BCUT2D eigenvalue weighted by Crippen LogP contribution is -2.11. The van der Waals surface area contributed by atoms with Gasteiger partial charge in [-0.2, -0.15) is 0 Å². The average molecular weight is 719 g/mol. The smallest absolute Gasteiger partial charge is 0.145 e. The highest BCUT2D eigenvalue weighted by molar-refractivity contribution is 6.13. The summed E-state index contributed by atoms with van der Waals surface area (Å²) in [5, 5.41) is 2.54. The molecule has 258 valence electrons. The van der Waals surface area contributed by atoms with Gasteiger partial charge in [0.2, 0.25) is 0 Å². The highest BCUT2D eigenvalue weighted by Crippen LogP contribution is 2.47. The maximum absolute atomic E-state index is 9.75. The normalized spacial score (nSPS) is 15.7. The molecule has 0 radical (unpaired) electrons. The molecule has 2 aromatic heterocycles. The Morgan fingerprint density at radius 2 is 1.09 bits per heavy atom. The van der Waals surface area contributed by atoms with E-state index in [2.05, 4.69) is 16.7 Å². The van der Waals surface area contributed by atoms with Gasteiger partial charge in [0, 0.05) is 44.2 Å². The Balaban J connectivity index is 1.24. The number of benzene rings is 9. The van der Waals surface area contributed by atoms with Crippen molar-refractivity contribution in [3.63, 3.8) is 0 Å². The monoisotopic (exact) mass is 718 g/mol. The van der Waals surface area contributed by atoms with Crippen LogP contribution >= 0.6 is 0 Å². The zero-order valence-corrected chi connectivity index (χ0v) is 28.7. The quantitative estimate of drug-likeness (QED) is 0.171. The van der Waals surface area contributed by atoms with E-state index in [1.54, 1.807) is 24.3 Å². The largest absolute Gasteiger partial charge is 0.455 e. The molecule has 0 spiro atoms. The molecule has 0 atom stereocenters. The van der Waals surface area contributed by atoms with Crippen molar-refractivity contribution in [2.75, 3.05) is 4.90 Å². The van der Waals surface area contributed by atoms with Crippen molar-refractivity contribution >= 4 is 71.6 Å². The van der Waals surface area contributed by atoms with Crippen molar-refractivity contribution in [2.45, 2.75) is 0 Å². The minimum absolute atomic E-state index is 0.0287. The molecule has 0 unspecified atom stereocenters. The molecule has 0 bridgehead atoms. The van der Waals surface area contributed by atoms with Crippen LogP contribution in [0.25, 0.3) is 82.5 Å². The van der Waals surface area contributed by atoms with Crippen molar-refractivity contribution in [1.82, 2.24) is 4.57 Å². The SMILES string of the molecule is [2H]c1c([2H])c([2H])c(N(c2ccc3c(oc4ccccc43)c2-c2ccc(-n3c4ccccc4c4ccccc43)cc2)c2c([2H])c([2H])c(-c3c([2H])c([2H])c([2H])c4c([2H])c([2H])c([2H])c([2H])c34)c([2H])c2[2H])c([2H])c1[2H]. The van der Waals surface area contributed by atoms with Crippen LogP contribution in [0.1, 0.15) is 21.9 Å². The molecular weight excluding hydrogens is 669 g/mol. The second kappa shape index (κ2) is 12.6. The third-order valence-corrected chi connectivity index (χ3v) is 9.87. The van der Waals surface area contributed by atoms with Crippen LogP contribution in [0.5, 0.6) is 0 Å². The molecule has 0 aliphatic heterocycles. The predicted octanol–water partition coefficient (Wildman–Crippen LogP) is 14.6. The van der Waals surface area contributed by atoms with Gasteiger partial charge < -0.3 is 13.9 Å². The number of nitrogens with zero attached hydrogens (tertiary/aromatic N) is 2. The number of fused-ring (bicyclic) bond motifs is 7. The van der Waals surface area contributed by atoms with Crippen LogP contribution in [0.4, 0.5) is 17.1 Å². The number of para-hydroxylation sites is 4. The number of aromatic nitrogens is 1. The van der Waals surface area contributed by atoms with Gasteiger partial charge in [-0.1, -0.05) is 139 Å². The topological polar surface area (TPSA) is 21.3 Å². The third-order valence-electron chi connectivity index (χ3n) is 9.87. The highest BCUT2D eigenvalue weighted by Gasteiger charge is 2.23. The van der Waals surface area contributed by atoms with Crippen LogP contribution < -0.4 is 4.90 Å². The standard InChI is InChI=1S/C52H34N2O/c1-2-15-38(16-3-1)53(39-29-25-36(26-30-39)42-21-12-14-35-13-4-5-17-41(35)42)49-34-33-46-45-20-8-11-24-50(45)55-52(46)51(49)37-27-31-40(32-28-37)54-47-22-9-6-18-43(47)44-19-7-10-23-48(44)54/h1-34H/i1D,2D,3D,4D,5D,12D,13D,14D,15D,16D,17D,21D,25D,26D,29D,30D. The summed E-state index contributed by atoms with van der Waals surface area (Å²) in [4.78, 5) is 1.09. The fourth-order valence-electron chi connectivity index (χ4n) is 7.47. The highest BCUT2D eigenvalue weighted by atomic mass is 16.3. The minimum Gasteiger partial charge on any atom is -0.455 e. The van der Waals surface area contributed by atoms with Gasteiger partial charge in [-0.25, -0.2) is 0 Å². The molecule has 11 rings (SSSR count). The van der Waals surface area contributed by atoms with Gasteiger partial charge >= 0.3 is 0 Å².